The molecule has 3 heterocycles. The maximum Gasteiger partial charge on any atom is 0.432 e. The van der Waals surface area contributed by atoms with Crippen molar-refractivity contribution in [2.75, 3.05) is 24.4 Å². The Morgan fingerprint density at radius 3 is 2.13 bits per heavy atom. The Bertz CT molecular complexity index is 992. The molecular formula is C16H15F3N8O3. The van der Waals surface area contributed by atoms with Gasteiger partial charge >= 0.3 is 24.2 Å². The number of hydrogen-bond donors (Lipinski definition) is 2. The molecule has 3 rings (SSSR count). The lowest BCUT2D eigenvalue weighted by atomic mass is 10.3. The van der Waals surface area contributed by atoms with Crippen LogP contribution < -0.4 is 19.7 Å². The fourth-order valence-corrected chi connectivity index (χ4v) is 2.26. The molecule has 30 heavy (non-hydrogen) atoms. The minimum absolute atomic E-state index is 0.0285. The number of aromatic nitrogens is 6. The number of carbonyl (C=O) groups excluding carboxylic acids is 1. The number of carbonyl (C=O) groups is 1. The summed E-state index contributed by atoms with van der Waals surface area (Å²) in [7, 11) is 2.75. The monoisotopic (exact) mass is 424 g/mol. The zero-order valence-corrected chi connectivity index (χ0v) is 15.6. The van der Waals surface area contributed by atoms with Gasteiger partial charge in [0.2, 0.25) is 0 Å². The molecule has 158 valence electrons. The summed E-state index contributed by atoms with van der Waals surface area (Å²) >= 11 is 0. The topological polar surface area (TPSA) is 131 Å². The molecule has 0 atom stereocenters. The molecule has 0 spiro atoms. The molecule has 2 amide bonds. The summed E-state index contributed by atoms with van der Waals surface area (Å²) in [5.41, 5.74) is -0.635. The first-order valence-electron chi connectivity index (χ1n) is 8.22. The largest absolute Gasteiger partial charge is 0.467 e. The number of halogens is 3. The van der Waals surface area contributed by atoms with E-state index in [1.165, 1.54) is 39.0 Å². The number of nitrogens with one attached hydrogen (secondary N) is 2. The quantitative estimate of drug-likeness (QED) is 0.616. The van der Waals surface area contributed by atoms with Crippen LogP contribution in [0.15, 0.2) is 30.9 Å². The lowest BCUT2D eigenvalue weighted by Crippen LogP contribution is -2.35. The van der Waals surface area contributed by atoms with Gasteiger partial charge in [0.1, 0.15) is 5.69 Å². The SMILES string of the molecule is COc1ncc(NC(=O)N(Cc2cc(C(F)(F)F)[nH]n2)c2cnc(OC)nc2)cn1. The van der Waals surface area contributed by atoms with Crippen LogP contribution in [-0.4, -0.2) is 50.4 Å². The zero-order valence-electron chi connectivity index (χ0n) is 15.6. The Balaban J connectivity index is 1.85. The van der Waals surface area contributed by atoms with Crippen LogP contribution in [-0.2, 0) is 12.7 Å². The molecule has 3 aromatic heterocycles. The summed E-state index contributed by atoms with van der Waals surface area (Å²) in [6.07, 6.45) is 0.591. The number of aromatic amines is 1. The highest BCUT2D eigenvalue weighted by Gasteiger charge is 2.33. The lowest BCUT2D eigenvalue weighted by molar-refractivity contribution is -0.141. The molecule has 0 saturated heterocycles. The molecule has 0 bridgehead atoms. The number of nitrogens with zero attached hydrogens (tertiary/aromatic N) is 6. The third-order valence-electron chi connectivity index (χ3n) is 3.67. The molecule has 0 radical (unpaired) electrons. The van der Waals surface area contributed by atoms with Crippen LogP contribution in [0.1, 0.15) is 11.4 Å². The van der Waals surface area contributed by atoms with Crippen LogP contribution in [0.25, 0.3) is 0 Å². The smallest absolute Gasteiger partial charge is 0.432 e. The van der Waals surface area contributed by atoms with Gasteiger partial charge in [-0.3, -0.25) is 10.00 Å². The van der Waals surface area contributed by atoms with Gasteiger partial charge in [0, 0.05) is 0 Å². The van der Waals surface area contributed by atoms with Crippen molar-refractivity contribution in [2.45, 2.75) is 12.7 Å². The van der Waals surface area contributed by atoms with E-state index in [1.807, 2.05) is 5.10 Å². The standard InChI is InChI=1S/C16H15F3N8O3/c1-29-13-20-4-10(5-21-13)24-15(28)27(11-6-22-14(30-2)23-7-11)8-9-3-12(26-25-9)16(17,18)19/h3-7H,8H2,1-2H3,(H,24,28)(H,25,26). The van der Waals surface area contributed by atoms with Crippen molar-refractivity contribution in [2.24, 2.45) is 0 Å². The molecule has 0 unspecified atom stereocenters. The molecular weight excluding hydrogens is 409 g/mol. The lowest BCUT2D eigenvalue weighted by Gasteiger charge is -2.21. The van der Waals surface area contributed by atoms with Crippen LogP contribution in [0.4, 0.5) is 29.3 Å². The fourth-order valence-electron chi connectivity index (χ4n) is 2.26. The maximum atomic E-state index is 12.8. The Morgan fingerprint density at radius 2 is 1.63 bits per heavy atom. The maximum absolute atomic E-state index is 12.8. The highest BCUT2D eigenvalue weighted by molar-refractivity contribution is 6.01. The number of methoxy groups -OCH3 is 2. The number of urea groups is 1. The Labute approximate surface area is 167 Å². The highest BCUT2D eigenvalue weighted by Crippen LogP contribution is 2.28. The number of ether oxygens (including phenoxy) is 2. The number of H-pyrrole nitrogens is 1. The van der Waals surface area contributed by atoms with Crippen molar-refractivity contribution in [1.82, 2.24) is 30.1 Å². The van der Waals surface area contributed by atoms with E-state index < -0.39 is 17.9 Å². The van der Waals surface area contributed by atoms with Gasteiger partial charge in [0.05, 0.1) is 62.6 Å². The van der Waals surface area contributed by atoms with E-state index in [2.05, 4.69) is 30.4 Å². The van der Waals surface area contributed by atoms with Crippen molar-refractivity contribution < 1.29 is 27.4 Å². The van der Waals surface area contributed by atoms with E-state index in [0.29, 0.717) is 0 Å². The van der Waals surface area contributed by atoms with E-state index in [1.54, 1.807) is 0 Å². The number of rotatable bonds is 6. The van der Waals surface area contributed by atoms with Crippen molar-refractivity contribution in [3.63, 3.8) is 0 Å². The molecule has 14 heteroatoms. The van der Waals surface area contributed by atoms with Crippen molar-refractivity contribution >= 4 is 17.4 Å². The van der Waals surface area contributed by atoms with Crippen LogP contribution >= 0.6 is 0 Å². The predicted molar refractivity (Wildman–Crippen MR) is 96.0 cm³/mol. The van der Waals surface area contributed by atoms with E-state index in [9.17, 15) is 18.0 Å². The van der Waals surface area contributed by atoms with Gasteiger partial charge in [0.25, 0.3) is 0 Å². The Morgan fingerprint density at radius 1 is 1.07 bits per heavy atom. The van der Waals surface area contributed by atoms with Gasteiger partial charge in [-0.15, -0.1) is 0 Å². The highest BCUT2D eigenvalue weighted by atomic mass is 19.4. The summed E-state index contributed by atoms with van der Waals surface area (Å²) in [6.45, 7) is -0.300. The molecule has 0 saturated carbocycles. The average molecular weight is 424 g/mol. The van der Waals surface area contributed by atoms with Crippen LogP contribution in [0.2, 0.25) is 0 Å². The van der Waals surface area contributed by atoms with E-state index in [-0.39, 0.29) is 35.6 Å². The fraction of sp³-hybridized carbons (Fsp3) is 0.250. The van der Waals surface area contributed by atoms with Crippen LogP contribution in [0, 0.1) is 0 Å². The molecule has 3 aromatic rings. The summed E-state index contributed by atoms with van der Waals surface area (Å²) in [6, 6.07) is 0.265. The van der Waals surface area contributed by atoms with Gasteiger partial charge in [-0.1, -0.05) is 0 Å². The Hall–Kier alpha value is -3.97. The minimum atomic E-state index is -4.60. The molecule has 0 aliphatic heterocycles. The predicted octanol–water partition coefficient (Wildman–Crippen LogP) is 2.26. The van der Waals surface area contributed by atoms with E-state index in [0.717, 1.165) is 11.0 Å². The van der Waals surface area contributed by atoms with E-state index in [4.69, 9.17) is 9.47 Å². The van der Waals surface area contributed by atoms with Crippen molar-refractivity contribution in [3.05, 3.63) is 42.2 Å². The van der Waals surface area contributed by atoms with E-state index >= 15 is 0 Å². The molecule has 2 N–H and O–H groups in total. The normalized spacial score (nSPS) is 11.1. The zero-order chi connectivity index (χ0) is 21.7. The minimum Gasteiger partial charge on any atom is -0.467 e. The summed E-state index contributed by atoms with van der Waals surface area (Å²) in [5, 5.41) is 8.06. The van der Waals surface area contributed by atoms with Crippen molar-refractivity contribution in [1.29, 1.82) is 0 Å². The number of amides is 2. The summed E-state index contributed by atoms with van der Waals surface area (Å²) < 4.78 is 48.2. The third kappa shape index (κ3) is 4.89. The number of anilines is 2. The van der Waals surface area contributed by atoms with Crippen LogP contribution in [0.3, 0.4) is 0 Å². The molecule has 0 aliphatic rings. The van der Waals surface area contributed by atoms with Crippen molar-refractivity contribution in [3.8, 4) is 12.0 Å². The van der Waals surface area contributed by atoms with Gasteiger partial charge in [-0.05, 0) is 6.07 Å². The second-order valence-corrected chi connectivity index (χ2v) is 5.67. The number of alkyl halides is 3. The first-order valence-corrected chi connectivity index (χ1v) is 8.22. The summed E-state index contributed by atoms with van der Waals surface area (Å²) in [5.74, 6) is 0. The first-order chi connectivity index (χ1) is 14.3. The van der Waals surface area contributed by atoms with Crippen LogP contribution in [0.5, 0.6) is 12.0 Å². The van der Waals surface area contributed by atoms with Gasteiger partial charge in [-0.25, -0.2) is 24.7 Å². The first kappa shape index (κ1) is 20.8. The molecule has 0 aliphatic carbocycles. The molecule has 11 nitrogen and oxygen atoms in total. The van der Waals surface area contributed by atoms with Gasteiger partial charge < -0.3 is 14.8 Å². The Kier molecular flexibility index (Phi) is 5.94. The van der Waals surface area contributed by atoms with Gasteiger partial charge in [0.15, 0.2) is 0 Å². The molecule has 0 aromatic carbocycles. The molecule has 0 fully saturated rings. The second-order valence-electron chi connectivity index (χ2n) is 5.67. The second kappa shape index (κ2) is 8.59. The summed E-state index contributed by atoms with van der Waals surface area (Å²) in [4.78, 5) is 29.5. The number of hydrogen-bond acceptors (Lipinski definition) is 8. The van der Waals surface area contributed by atoms with Gasteiger partial charge in [-0.2, -0.15) is 18.3 Å². The average Bonchev–Trinajstić information content (AvgIpc) is 3.22. The third-order valence-corrected chi connectivity index (χ3v) is 3.67.